The van der Waals surface area contributed by atoms with Gasteiger partial charge in [-0.05, 0) is 36.6 Å². The number of amides is 1. The van der Waals surface area contributed by atoms with Gasteiger partial charge in [0.15, 0.2) is 17.6 Å². The van der Waals surface area contributed by atoms with Crippen LogP contribution < -0.4 is 20.5 Å². The van der Waals surface area contributed by atoms with E-state index in [9.17, 15) is 9.59 Å². The van der Waals surface area contributed by atoms with Crippen molar-refractivity contribution in [3.8, 4) is 11.5 Å². The minimum absolute atomic E-state index is 0.260. The van der Waals surface area contributed by atoms with Gasteiger partial charge in [0.1, 0.15) is 12.4 Å². The maximum Gasteiger partial charge on any atom is 0.252 e. The highest BCUT2D eigenvalue weighted by Gasteiger charge is 2.29. The Bertz CT molecular complexity index is 879. The van der Waals surface area contributed by atoms with E-state index in [1.165, 1.54) is 0 Å². The van der Waals surface area contributed by atoms with E-state index in [-0.39, 0.29) is 24.4 Å². The number of hydrogen-bond donors (Lipinski definition) is 2. The first-order valence-corrected chi connectivity index (χ1v) is 9.01. The van der Waals surface area contributed by atoms with Gasteiger partial charge in [0.2, 0.25) is 0 Å². The number of aromatic nitrogens is 1. The van der Waals surface area contributed by atoms with Crippen molar-refractivity contribution in [2.45, 2.75) is 25.5 Å². The lowest BCUT2D eigenvalue weighted by atomic mass is 10.1. The Morgan fingerprint density at radius 3 is 2.89 bits per heavy atom. The second-order valence-corrected chi connectivity index (χ2v) is 6.89. The molecular formula is C20H21N3O4. The fourth-order valence-corrected chi connectivity index (χ4v) is 3.12. The van der Waals surface area contributed by atoms with E-state index in [2.05, 4.69) is 10.3 Å². The average molecular weight is 367 g/mol. The van der Waals surface area contributed by atoms with E-state index in [0.29, 0.717) is 30.2 Å². The highest BCUT2D eigenvalue weighted by atomic mass is 16.6. The molecule has 3 N–H and O–H groups in total. The van der Waals surface area contributed by atoms with Gasteiger partial charge in [-0.2, -0.15) is 0 Å². The Morgan fingerprint density at radius 2 is 2.11 bits per heavy atom. The average Bonchev–Trinajstić information content (AvgIpc) is 3.52. The number of nitrogens with two attached hydrogens (primary N) is 1. The Labute approximate surface area is 156 Å². The van der Waals surface area contributed by atoms with Crippen molar-refractivity contribution in [3.05, 3.63) is 53.3 Å². The second-order valence-electron chi connectivity index (χ2n) is 6.89. The van der Waals surface area contributed by atoms with E-state index < -0.39 is 5.91 Å². The van der Waals surface area contributed by atoms with Gasteiger partial charge in [0, 0.05) is 30.4 Å². The summed E-state index contributed by atoms with van der Waals surface area (Å²) in [6.45, 7) is 1.21. The number of fused-ring (bicyclic) bond motifs is 1. The molecule has 4 rings (SSSR count). The third-order valence-corrected chi connectivity index (χ3v) is 4.74. The highest BCUT2D eigenvalue weighted by molar-refractivity contribution is 5.96. The number of carbonyl (C=O) groups excluding carboxylic acids is 2. The molecule has 7 nitrogen and oxygen atoms in total. The summed E-state index contributed by atoms with van der Waals surface area (Å²) in [5.74, 6) is 0.862. The number of para-hydroxylation sites is 1. The zero-order chi connectivity index (χ0) is 18.8. The van der Waals surface area contributed by atoms with Crippen LogP contribution in [0, 0.1) is 5.92 Å². The van der Waals surface area contributed by atoms with Crippen LogP contribution in [0.1, 0.15) is 40.4 Å². The number of carbonyl (C=O) groups is 2. The molecule has 1 unspecified atom stereocenters. The predicted molar refractivity (Wildman–Crippen MR) is 97.5 cm³/mol. The van der Waals surface area contributed by atoms with Crippen molar-refractivity contribution in [1.29, 1.82) is 0 Å². The van der Waals surface area contributed by atoms with E-state index in [1.54, 1.807) is 30.6 Å². The normalized spacial score (nSPS) is 18.1. The molecule has 1 aliphatic heterocycles. The molecule has 1 amide bonds. The molecule has 7 heteroatoms. The Balaban J connectivity index is 1.42. The summed E-state index contributed by atoms with van der Waals surface area (Å²) in [5.41, 5.74) is 7.53. The molecule has 2 aliphatic rings. The number of hydrogen-bond acceptors (Lipinski definition) is 6. The predicted octanol–water partition coefficient (Wildman–Crippen LogP) is 1.76. The first-order valence-electron chi connectivity index (χ1n) is 9.01. The summed E-state index contributed by atoms with van der Waals surface area (Å²) in [7, 11) is 0. The first kappa shape index (κ1) is 17.5. The summed E-state index contributed by atoms with van der Waals surface area (Å²) < 4.78 is 11.8. The molecule has 1 fully saturated rings. The van der Waals surface area contributed by atoms with Gasteiger partial charge in [0.25, 0.3) is 5.91 Å². The minimum Gasteiger partial charge on any atom is -0.485 e. The van der Waals surface area contributed by atoms with Crippen molar-refractivity contribution < 1.29 is 19.1 Å². The zero-order valence-corrected chi connectivity index (χ0v) is 14.8. The summed E-state index contributed by atoms with van der Waals surface area (Å²) in [5, 5.41) is 3.18. The van der Waals surface area contributed by atoms with Crippen molar-refractivity contribution >= 4 is 11.7 Å². The van der Waals surface area contributed by atoms with E-state index in [1.807, 2.05) is 6.07 Å². The molecule has 140 valence electrons. The van der Waals surface area contributed by atoms with Crippen LogP contribution in [0.3, 0.4) is 0 Å². The molecule has 1 aromatic carbocycles. The molecule has 0 bridgehead atoms. The fraction of sp³-hybridized carbons (Fsp3) is 0.350. The lowest BCUT2D eigenvalue weighted by Gasteiger charge is -2.27. The maximum atomic E-state index is 11.8. The Hall–Kier alpha value is -2.93. The van der Waals surface area contributed by atoms with Crippen LogP contribution in [0.5, 0.6) is 11.5 Å². The van der Waals surface area contributed by atoms with Gasteiger partial charge < -0.3 is 20.5 Å². The van der Waals surface area contributed by atoms with Gasteiger partial charge in [-0.25, -0.2) is 0 Å². The molecule has 2 heterocycles. The molecule has 1 aromatic heterocycles. The third-order valence-electron chi connectivity index (χ3n) is 4.74. The SMILES string of the molecule is NC(=O)c1cccc2c1OCC(c1cncc(CNCC(=O)C3CC3)c1)O2. The van der Waals surface area contributed by atoms with Gasteiger partial charge in [-0.15, -0.1) is 0 Å². The molecule has 1 saturated carbocycles. The maximum absolute atomic E-state index is 11.8. The molecular weight excluding hydrogens is 346 g/mol. The standard InChI is InChI=1S/C20H21N3O4/c21-20(25)15-2-1-3-17-19(15)26-11-18(27-17)14-6-12(7-22-9-14)8-23-10-16(24)13-4-5-13/h1-3,6-7,9,13,18,23H,4-5,8,10-11H2,(H2,21,25). The minimum atomic E-state index is -0.551. The largest absolute Gasteiger partial charge is 0.485 e. The van der Waals surface area contributed by atoms with Crippen LogP contribution in [0.15, 0.2) is 36.7 Å². The van der Waals surface area contributed by atoms with E-state index in [0.717, 1.165) is 24.0 Å². The Morgan fingerprint density at radius 1 is 1.26 bits per heavy atom. The summed E-state index contributed by atoms with van der Waals surface area (Å²) >= 11 is 0. The number of nitrogens with one attached hydrogen (secondary N) is 1. The van der Waals surface area contributed by atoms with Crippen molar-refractivity contribution in [3.63, 3.8) is 0 Å². The fourth-order valence-electron chi connectivity index (χ4n) is 3.12. The zero-order valence-electron chi connectivity index (χ0n) is 14.8. The molecule has 1 aliphatic carbocycles. The number of rotatable bonds is 7. The second kappa shape index (κ2) is 7.36. The third kappa shape index (κ3) is 3.93. The summed E-state index contributed by atoms with van der Waals surface area (Å²) in [6, 6.07) is 7.05. The van der Waals surface area contributed by atoms with Gasteiger partial charge in [-0.3, -0.25) is 14.6 Å². The number of nitrogens with zero attached hydrogens (tertiary/aromatic N) is 1. The topological polar surface area (TPSA) is 104 Å². The van der Waals surface area contributed by atoms with Crippen molar-refractivity contribution in [2.24, 2.45) is 11.7 Å². The number of ether oxygens (including phenoxy) is 2. The molecule has 27 heavy (non-hydrogen) atoms. The van der Waals surface area contributed by atoms with Gasteiger partial charge >= 0.3 is 0 Å². The van der Waals surface area contributed by atoms with Crippen LogP contribution in [0.25, 0.3) is 0 Å². The van der Waals surface area contributed by atoms with E-state index >= 15 is 0 Å². The van der Waals surface area contributed by atoms with E-state index in [4.69, 9.17) is 15.2 Å². The lowest BCUT2D eigenvalue weighted by Crippen LogP contribution is -2.25. The van der Waals surface area contributed by atoms with Crippen LogP contribution in [0.2, 0.25) is 0 Å². The summed E-state index contributed by atoms with van der Waals surface area (Å²) in [6.07, 6.45) is 5.21. The Kier molecular flexibility index (Phi) is 4.77. The molecule has 2 aromatic rings. The van der Waals surface area contributed by atoms with Crippen LogP contribution >= 0.6 is 0 Å². The number of benzene rings is 1. The molecule has 0 spiro atoms. The number of Topliss-reactive ketones (excluding diaryl/α,β-unsaturated/α-hetero) is 1. The smallest absolute Gasteiger partial charge is 0.252 e. The quantitative estimate of drug-likeness (QED) is 0.773. The first-order chi connectivity index (χ1) is 13.1. The molecule has 1 atom stereocenters. The number of primary amides is 1. The van der Waals surface area contributed by atoms with Gasteiger partial charge in [-0.1, -0.05) is 6.07 Å². The highest BCUT2D eigenvalue weighted by Crippen LogP contribution is 2.38. The number of ketones is 1. The van der Waals surface area contributed by atoms with Gasteiger partial charge in [0.05, 0.1) is 12.1 Å². The van der Waals surface area contributed by atoms with Crippen LogP contribution in [0.4, 0.5) is 0 Å². The lowest BCUT2D eigenvalue weighted by molar-refractivity contribution is -0.119. The van der Waals surface area contributed by atoms with Crippen LogP contribution in [-0.4, -0.2) is 29.8 Å². The number of pyridine rings is 1. The monoisotopic (exact) mass is 367 g/mol. The molecule has 0 radical (unpaired) electrons. The van der Waals surface area contributed by atoms with Crippen molar-refractivity contribution in [1.82, 2.24) is 10.3 Å². The van der Waals surface area contributed by atoms with Crippen LogP contribution in [-0.2, 0) is 11.3 Å². The van der Waals surface area contributed by atoms with Crippen molar-refractivity contribution in [2.75, 3.05) is 13.2 Å². The molecule has 0 saturated heterocycles. The summed E-state index contributed by atoms with van der Waals surface area (Å²) in [4.78, 5) is 27.5.